The second kappa shape index (κ2) is 8.33. The van der Waals surface area contributed by atoms with Gasteiger partial charge in [0.2, 0.25) is 0 Å². The number of carbonyl (C=O) groups excluding carboxylic acids is 1. The van der Waals surface area contributed by atoms with E-state index in [0.29, 0.717) is 23.1 Å². The highest BCUT2D eigenvalue weighted by Crippen LogP contribution is 2.07. The molecule has 0 atom stereocenters. The fraction of sp³-hybridized carbons (Fsp3) is 0.286. The standard InChI is InChI=1S/C14H13BrO4/c1-2-13(16)18-8-6-4-3-5-7-11-9-12(15)10-19-14(11)17/h2,9-10H,1,3-4,6,8H2. The van der Waals surface area contributed by atoms with Crippen LogP contribution in [-0.2, 0) is 9.53 Å². The Morgan fingerprint density at radius 2 is 2.32 bits per heavy atom. The molecule has 1 heterocycles. The van der Waals surface area contributed by atoms with Crippen molar-refractivity contribution in [2.24, 2.45) is 0 Å². The Kier molecular flexibility index (Phi) is 6.69. The summed E-state index contributed by atoms with van der Waals surface area (Å²) in [4.78, 5) is 22.0. The first kappa shape index (κ1) is 15.3. The van der Waals surface area contributed by atoms with Crippen LogP contribution in [0.2, 0.25) is 0 Å². The Bertz CT molecular complexity index is 563. The van der Waals surface area contributed by atoms with Crippen molar-refractivity contribution in [3.05, 3.63) is 45.4 Å². The number of rotatable bonds is 5. The van der Waals surface area contributed by atoms with Gasteiger partial charge in [-0.05, 0) is 34.8 Å². The predicted molar refractivity (Wildman–Crippen MR) is 74.6 cm³/mol. The fourth-order valence-electron chi connectivity index (χ4n) is 1.20. The SMILES string of the molecule is C=CC(=O)OCCCCC#Cc1cc(Br)coc1=O. The Morgan fingerprint density at radius 3 is 3.05 bits per heavy atom. The van der Waals surface area contributed by atoms with Gasteiger partial charge >= 0.3 is 11.6 Å². The molecule has 0 bridgehead atoms. The van der Waals surface area contributed by atoms with Crippen LogP contribution in [0.1, 0.15) is 24.8 Å². The largest absolute Gasteiger partial charge is 0.463 e. The van der Waals surface area contributed by atoms with E-state index >= 15 is 0 Å². The van der Waals surface area contributed by atoms with Crippen molar-refractivity contribution in [3.8, 4) is 11.8 Å². The van der Waals surface area contributed by atoms with E-state index in [0.717, 1.165) is 18.9 Å². The zero-order chi connectivity index (χ0) is 14.1. The average molecular weight is 325 g/mol. The van der Waals surface area contributed by atoms with Gasteiger partial charge in [0.05, 0.1) is 11.1 Å². The van der Waals surface area contributed by atoms with Crippen molar-refractivity contribution in [1.82, 2.24) is 0 Å². The fourth-order valence-corrected chi connectivity index (χ4v) is 1.52. The highest BCUT2D eigenvalue weighted by Gasteiger charge is 1.98. The molecule has 0 fully saturated rings. The molecule has 0 saturated carbocycles. The van der Waals surface area contributed by atoms with Crippen LogP contribution in [0.3, 0.4) is 0 Å². The molecule has 0 aliphatic rings. The zero-order valence-electron chi connectivity index (χ0n) is 10.3. The van der Waals surface area contributed by atoms with Crippen molar-refractivity contribution in [1.29, 1.82) is 0 Å². The molecule has 0 spiro atoms. The van der Waals surface area contributed by atoms with E-state index in [1.165, 1.54) is 6.26 Å². The number of halogens is 1. The topological polar surface area (TPSA) is 56.5 Å². The molecule has 0 aromatic carbocycles. The van der Waals surface area contributed by atoms with Crippen LogP contribution in [0.5, 0.6) is 0 Å². The summed E-state index contributed by atoms with van der Waals surface area (Å²) in [6.07, 6.45) is 4.59. The minimum absolute atomic E-state index is 0.326. The minimum Gasteiger partial charge on any atom is -0.463 e. The molecule has 1 rings (SSSR count). The maximum absolute atomic E-state index is 11.3. The quantitative estimate of drug-likeness (QED) is 0.361. The smallest absolute Gasteiger partial charge is 0.351 e. The molecule has 0 saturated heterocycles. The number of ether oxygens (including phenoxy) is 1. The molecule has 0 amide bonds. The summed E-state index contributed by atoms with van der Waals surface area (Å²) in [5.41, 5.74) is -0.122. The van der Waals surface area contributed by atoms with Crippen LogP contribution in [0.15, 0.2) is 38.7 Å². The van der Waals surface area contributed by atoms with Crippen LogP contribution in [0, 0.1) is 11.8 Å². The molecule has 0 aliphatic carbocycles. The molecule has 1 aromatic heterocycles. The first-order valence-electron chi connectivity index (χ1n) is 5.70. The third kappa shape index (κ3) is 6.07. The van der Waals surface area contributed by atoms with Crippen LogP contribution in [-0.4, -0.2) is 12.6 Å². The summed E-state index contributed by atoms with van der Waals surface area (Å²) in [6, 6.07) is 1.62. The maximum Gasteiger partial charge on any atom is 0.351 e. The molecule has 0 unspecified atom stereocenters. The van der Waals surface area contributed by atoms with Gasteiger partial charge in [0.15, 0.2) is 0 Å². The minimum atomic E-state index is -0.449. The van der Waals surface area contributed by atoms with E-state index < -0.39 is 11.6 Å². The van der Waals surface area contributed by atoms with Gasteiger partial charge in [0.1, 0.15) is 11.8 Å². The van der Waals surface area contributed by atoms with Crippen molar-refractivity contribution in [2.45, 2.75) is 19.3 Å². The van der Waals surface area contributed by atoms with Gasteiger partial charge in [-0.25, -0.2) is 9.59 Å². The summed E-state index contributed by atoms with van der Waals surface area (Å²) >= 11 is 3.20. The molecule has 0 radical (unpaired) electrons. The lowest BCUT2D eigenvalue weighted by Crippen LogP contribution is -2.02. The van der Waals surface area contributed by atoms with Crippen molar-refractivity contribution >= 4 is 21.9 Å². The molecule has 1 aromatic rings. The molecule has 100 valence electrons. The highest BCUT2D eigenvalue weighted by atomic mass is 79.9. The Hall–Kier alpha value is -1.80. The van der Waals surface area contributed by atoms with Gasteiger partial charge in [-0.15, -0.1) is 0 Å². The lowest BCUT2D eigenvalue weighted by atomic mass is 10.2. The van der Waals surface area contributed by atoms with Crippen LogP contribution >= 0.6 is 15.9 Å². The number of unbranched alkanes of at least 4 members (excludes halogenated alkanes) is 2. The first-order valence-corrected chi connectivity index (χ1v) is 6.49. The first-order chi connectivity index (χ1) is 9.13. The van der Waals surface area contributed by atoms with Gasteiger partial charge < -0.3 is 9.15 Å². The van der Waals surface area contributed by atoms with Gasteiger partial charge in [0, 0.05) is 12.5 Å². The number of esters is 1. The normalized spacial score (nSPS) is 9.32. The van der Waals surface area contributed by atoms with Crippen LogP contribution in [0.25, 0.3) is 0 Å². The third-order valence-corrected chi connectivity index (χ3v) is 2.53. The summed E-state index contributed by atoms with van der Waals surface area (Å²) < 4.78 is 10.2. The average Bonchev–Trinajstić information content (AvgIpc) is 2.41. The molecule has 4 nitrogen and oxygen atoms in total. The van der Waals surface area contributed by atoms with E-state index in [1.807, 2.05) is 0 Å². The Labute approximate surface area is 119 Å². The van der Waals surface area contributed by atoms with Crippen LogP contribution in [0.4, 0.5) is 0 Å². The molecular weight excluding hydrogens is 312 g/mol. The van der Waals surface area contributed by atoms with E-state index in [-0.39, 0.29) is 0 Å². The second-order valence-corrected chi connectivity index (χ2v) is 4.51. The lowest BCUT2D eigenvalue weighted by Gasteiger charge is -1.98. The van der Waals surface area contributed by atoms with E-state index in [2.05, 4.69) is 34.3 Å². The second-order valence-electron chi connectivity index (χ2n) is 3.60. The summed E-state index contributed by atoms with van der Waals surface area (Å²) in [6.45, 7) is 3.65. The van der Waals surface area contributed by atoms with E-state index in [9.17, 15) is 9.59 Å². The number of hydrogen-bond donors (Lipinski definition) is 0. The zero-order valence-corrected chi connectivity index (χ0v) is 11.9. The Morgan fingerprint density at radius 1 is 1.53 bits per heavy atom. The molecule has 0 aliphatic heterocycles. The summed E-state index contributed by atoms with van der Waals surface area (Å²) in [5.74, 6) is 5.22. The van der Waals surface area contributed by atoms with Gasteiger partial charge in [-0.1, -0.05) is 18.4 Å². The highest BCUT2D eigenvalue weighted by molar-refractivity contribution is 9.10. The summed E-state index contributed by atoms with van der Waals surface area (Å²) in [7, 11) is 0. The van der Waals surface area contributed by atoms with Crippen molar-refractivity contribution < 1.29 is 13.9 Å². The summed E-state index contributed by atoms with van der Waals surface area (Å²) in [5, 5.41) is 0. The van der Waals surface area contributed by atoms with Crippen LogP contribution < -0.4 is 5.63 Å². The monoisotopic (exact) mass is 324 g/mol. The number of carbonyl (C=O) groups is 1. The molecular formula is C14H13BrO4. The number of hydrogen-bond acceptors (Lipinski definition) is 4. The molecule has 5 heteroatoms. The maximum atomic E-state index is 11.3. The van der Waals surface area contributed by atoms with Crippen molar-refractivity contribution in [3.63, 3.8) is 0 Å². The molecule has 0 N–H and O–H groups in total. The van der Waals surface area contributed by atoms with Crippen molar-refractivity contribution in [2.75, 3.05) is 6.61 Å². The van der Waals surface area contributed by atoms with Gasteiger partial charge in [-0.3, -0.25) is 0 Å². The predicted octanol–water partition coefficient (Wildman–Crippen LogP) is 2.65. The third-order valence-electron chi connectivity index (χ3n) is 2.11. The van der Waals surface area contributed by atoms with Gasteiger partial charge in [0.25, 0.3) is 0 Å². The van der Waals surface area contributed by atoms with E-state index in [4.69, 9.17) is 9.15 Å². The van der Waals surface area contributed by atoms with Gasteiger partial charge in [-0.2, -0.15) is 0 Å². The van der Waals surface area contributed by atoms with E-state index in [1.54, 1.807) is 6.07 Å². The lowest BCUT2D eigenvalue weighted by molar-refractivity contribution is -0.137. The molecule has 19 heavy (non-hydrogen) atoms. The Balaban J connectivity index is 2.32.